The smallest absolute Gasteiger partial charge is 0.218 e. The number of nitrogens with zero attached hydrogens (tertiary/aromatic N) is 5. The quantitative estimate of drug-likeness (QED) is 0.451. The van der Waals surface area contributed by atoms with Gasteiger partial charge < -0.3 is 20.5 Å². The van der Waals surface area contributed by atoms with Crippen LogP contribution in [0.15, 0.2) is 12.1 Å². The number of anilines is 2. The molecule has 5 rings (SSSR count). The molecule has 2 aromatic rings. The summed E-state index contributed by atoms with van der Waals surface area (Å²) in [5.74, 6) is 2.31. The number of H-pyrrole nitrogens is 1. The van der Waals surface area contributed by atoms with Crippen LogP contribution in [-0.2, 0) is 13.2 Å². The molecule has 1 saturated carbocycles. The van der Waals surface area contributed by atoms with Crippen molar-refractivity contribution in [1.82, 2.24) is 30.4 Å². The van der Waals surface area contributed by atoms with Gasteiger partial charge in [-0.1, -0.05) is 6.42 Å². The van der Waals surface area contributed by atoms with Crippen LogP contribution in [0.4, 0.5) is 11.6 Å². The number of nitriles is 1. The molecule has 0 aromatic carbocycles. The van der Waals surface area contributed by atoms with Crippen LogP contribution < -0.4 is 15.4 Å². The lowest BCUT2D eigenvalue weighted by Gasteiger charge is -2.49. The molecule has 1 aliphatic carbocycles. The van der Waals surface area contributed by atoms with Crippen LogP contribution in [0, 0.1) is 16.7 Å². The summed E-state index contributed by atoms with van der Waals surface area (Å²) in [5, 5.41) is 32.5. The lowest BCUT2D eigenvalue weighted by molar-refractivity contribution is 0.0142. The molecule has 4 N–H and O–H groups in total. The van der Waals surface area contributed by atoms with Crippen molar-refractivity contribution in [2.45, 2.75) is 76.2 Å². The third kappa shape index (κ3) is 4.95. The fourth-order valence-corrected chi connectivity index (χ4v) is 5.30. The van der Waals surface area contributed by atoms with Gasteiger partial charge in [0.2, 0.25) is 5.88 Å². The highest BCUT2D eigenvalue weighted by Gasteiger charge is 2.48. The van der Waals surface area contributed by atoms with Crippen LogP contribution in [0.2, 0.25) is 0 Å². The molecule has 4 heterocycles. The normalized spacial score (nSPS) is 25.9. The summed E-state index contributed by atoms with van der Waals surface area (Å²) in [6.45, 7) is 1.40. The van der Waals surface area contributed by atoms with Crippen LogP contribution in [0.3, 0.4) is 0 Å². The summed E-state index contributed by atoms with van der Waals surface area (Å²) >= 11 is 0. The van der Waals surface area contributed by atoms with Gasteiger partial charge in [0.25, 0.3) is 0 Å². The monoisotopic (exact) mass is 452 g/mol. The van der Waals surface area contributed by atoms with Gasteiger partial charge >= 0.3 is 0 Å². The summed E-state index contributed by atoms with van der Waals surface area (Å²) in [7, 11) is 1.59. The lowest BCUT2D eigenvalue weighted by atomic mass is 9.81. The van der Waals surface area contributed by atoms with E-state index < -0.39 is 0 Å². The first kappa shape index (κ1) is 22.1. The van der Waals surface area contributed by atoms with Crippen LogP contribution >= 0.6 is 0 Å². The molecule has 2 aromatic heterocycles. The first-order valence-electron chi connectivity index (χ1n) is 11.8. The Balaban J connectivity index is 1.22. The third-order valence-corrected chi connectivity index (χ3v) is 7.27. The molecular formula is C23H32N8O2. The number of aromatic amines is 1. The zero-order valence-electron chi connectivity index (χ0n) is 19.0. The van der Waals surface area contributed by atoms with Gasteiger partial charge in [-0.2, -0.15) is 15.3 Å². The maximum atomic E-state index is 9.55. The second kappa shape index (κ2) is 9.25. The van der Waals surface area contributed by atoms with Crippen molar-refractivity contribution in [2.24, 2.45) is 5.41 Å². The molecule has 3 fully saturated rings. The average molecular weight is 453 g/mol. The van der Waals surface area contributed by atoms with Gasteiger partial charge in [-0.3, -0.25) is 10.00 Å². The van der Waals surface area contributed by atoms with E-state index in [0.717, 1.165) is 32.2 Å². The van der Waals surface area contributed by atoms with Crippen LogP contribution in [-0.4, -0.2) is 62.0 Å². The van der Waals surface area contributed by atoms with E-state index in [4.69, 9.17) is 4.74 Å². The summed E-state index contributed by atoms with van der Waals surface area (Å²) in [5.41, 5.74) is 0.553. The van der Waals surface area contributed by atoms with Crippen molar-refractivity contribution in [3.63, 3.8) is 0 Å². The van der Waals surface area contributed by atoms with Gasteiger partial charge in [0.1, 0.15) is 11.6 Å². The molecular weight excluding hydrogens is 420 g/mol. The van der Waals surface area contributed by atoms with Gasteiger partial charge in [-0.15, -0.1) is 0 Å². The number of hydrogen-bond donors (Lipinski definition) is 4. The van der Waals surface area contributed by atoms with E-state index in [1.807, 2.05) is 0 Å². The van der Waals surface area contributed by atoms with Crippen molar-refractivity contribution in [3.05, 3.63) is 23.7 Å². The van der Waals surface area contributed by atoms with Gasteiger partial charge in [0, 0.05) is 36.8 Å². The molecule has 0 amide bonds. The number of aliphatic hydroxyl groups excluding tert-OH is 1. The Morgan fingerprint density at radius 3 is 2.67 bits per heavy atom. The summed E-state index contributed by atoms with van der Waals surface area (Å²) in [6, 6.07) is 7.57. The largest absolute Gasteiger partial charge is 0.481 e. The van der Waals surface area contributed by atoms with E-state index in [1.165, 1.54) is 19.3 Å². The predicted molar refractivity (Wildman–Crippen MR) is 122 cm³/mol. The van der Waals surface area contributed by atoms with E-state index in [1.54, 1.807) is 19.2 Å². The Labute approximate surface area is 193 Å². The number of fused-ring (bicyclic) bond motifs is 2. The molecule has 176 valence electrons. The molecule has 2 atom stereocenters. The van der Waals surface area contributed by atoms with E-state index >= 15 is 0 Å². The Hall–Kier alpha value is -2.74. The highest BCUT2D eigenvalue weighted by Crippen LogP contribution is 2.48. The van der Waals surface area contributed by atoms with Crippen LogP contribution in [0.1, 0.15) is 56.5 Å². The Kier molecular flexibility index (Phi) is 6.19. The fraction of sp³-hybridized carbons (Fsp3) is 0.652. The SMILES string of the molecule is COc1cc(Nc2cc(CO)[nH]n2)nc(CNC2CC3CCCC(C2)N3CC2(C#N)CC2)n1. The third-order valence-electron chi connectivity index (χ3n) is 7.27. The zero-order valence-corrected chi connectivity index (χ0v) is 19.0. The number of aliphatic hydroxyl groups is 1. The van der Waals surface area contributed by atoms with E-state index in [0.29, 0.717) is 53.7 Å². The predicted octanol–water partition coefficient (Wildman–Crippen LogP) is 2.22. The van der Waals surface area contributed by atoms with E-state index in [9.17, 15) is 10.4 Å². The van der Waals surface area contributed by atoms with Crippen molar-refractivity contribution >= 4 is 11.6 Å². The summed E-state index contributed by atoms with van der Waals surface area (Å²) < 4.78 is 5.37. The molecule has 0 spiro atoms. The van der Waals surface area contributed by atoms with Crippen molar-refractivity contribution < 1.29 is 9.84 Å². The summed E-state index contributed by atoms with van der Waals surface area (Å²) in [4.78, 5) is 11.8. The van der Waals surface area contributed by atoms with Crippen LogP contribution in [0.5, 0.6) is 5.88 Å². The fourth-order valence-electron chi connectivity index (χ4n) is 5.30. The van der Waals surface area contributed by atoms with E-state index in [-0.39, 0.29) is 12.0 Å². The topological polar surface area (TPSA) is 135 Å². The molecule has 2 saturated heterocycles. The average Bonchev–Trinajstić information content (AvgIpc) is 3.45. The van der Waals surface area contributed by atoms with Gasteiger partial charge in [0.15, 0.2) is 5.82 Å². The molecule has 2 aliphatic heterocycles. The first-order chi connectivity index (χ1) is 16.1. The minimum atomic E-state index is -0.102. The number of nitrogens with one attached hydrogen (secondary N) is 3. The zero-order chi connectivity index (χ0) is 22.8. The second-order valence-electron chi connectivity index (χ2n) is 9.63. The molecule has 10 nitrogen and oxygen atoms in total. The van der Waals surface area contributed by atoms with Crippen molar-refractivity contribution in [2.75, 3.05) is 19.0 Å². The number of hydrogen-bond acceptors (Lipinski definition) is 9. The van der Waals surface area contributed by atoms with Crippen molar-refractivity contribution in [3.8, 4) is 11.9 Å². The van der Waals surface area contributed by atoms with Gasteiger partial charge in [-0.25, -0.2) is 4.98 Å². The Bertz CT molecular complexity index is 1000. The number of rotatable bonds is 9. The maximum Gasteiger partial charge on any atom is 0.218 e. The highest BCUT2D eigenvalue weighted by molar-refractivity contribution is 5.52. The molecule has 10 heteroatoms. The van der Waals surface area contributed by atoms with Gasteiger partial charge in [0.05, 0.1) is 37.4 Å². The maximum absolute atomic E-state index is 9.55. The molecule has 3 aliphatic rings. The van der Waals surface area contributed by atoms with E-state index in [2.05, 4.69) is 41.8 Å². The van der Waals surface area contributed by atoms with Crippen LogP contribution in [0.25, 0.3) is 0 Å². The molecule has 0 radical (unpaired) electrons. The number of aromatic nitrogens is 4. The van der Waals surface area contributed by atoms with Crippen molar-refractivity contribution in [1.29, 1.82) is 5.26 Å². The first-order valence-corrected chi connectivity index (χ1v) is 11.8. The second-order valence-corrected chi connectivity index (χ2v) is 9.63. The number of methoxy groups -OCH3 is 1. The number of ether oxygens (including phenoxy) is 1. The number of piperidine rings is 2. The molecule has 33 heavy (non-hydrogen) atoms. The minimum Gasteiger partial charge on any atom is -0.481 e. The summed E-state index contributed by atoms with van der Waals surface area (Å²) in [6.07, 6.45) is 8.05. The Morgan fingerprint density at radius 2 is 2.03 bits per heavy atom. The minimum absolute atomic E-state index is 0.0712. The highest BCUT2D eigenvalue weighted by atomic mass is 16.5. The molecule has 2 bridgehead atoms. The lowest BCUT2D eigenvalue weighted by Crippen LogP contribution is -2.57. The molecule has 2 unspecified atom stereocenters. The standard InChI is InChI=1S/C23H32N8O2/c1-33-22-10-19(26-20-9-16(12-32)29-30-20)27-21(28-22)11-25-15-7-17-3-2-4-18(8-15)31(17)14-23(13-24)5-6-23/h9-10,15,17-18,25,32H,2-8,11-12,14H2,1H3,(H2,26,27,28,29,30). The Morgan fingerprint density at radius 1 is 1.24 bits per heavy atom. The van der Waals surface area contributed by atoms with Gasteiger partial charge in [-0.05, 0) is 38.5 Å².